The number of rotatable bonds is 6. The monoisotopic (exact) mass is 398 g/mol. The molecule has 0 heterocycles. The molecule has 0 bridgehead atoms. The number of nitrogens with zero attached hydrogens (tertiary/aromatic N) is 1. The molecule has 0 unspecified atom stereocenters. The summed E-state index contributed by atoms with van der Waals surface area (Å²) in [5, 5.41) is 1.05. The van der Waals surface area contributed by atoms with Crippen molar-refractivity contribution >= 4 is 24.1 Å². The average Bonchev–Trinajstić information content (AvgIpc) is 3.38. The van der Waals surface area contributed by atoms with E-state index in [0.717, 1.165) is 5.01 Å². The molecule has 2 atom stereocenters. The molecule has 2 amide bonds. The van der Waals surface area contributed by atoms with E-state index < -0.39 is 47.4 Å². The molecule has 10 nitrogen and oxygen atoms in total. The van der Waals surface area contributed by atoms with Crippen LogP contribution < -0.4 is 5.43 Å². The lowest BCUT2D eigenvalue weighted by Gasteiger charge is -2.34. The summed E-state index contributed by atoms with van der Waals surface area (Å²) in [4.78, 5) is 48.9. The van der Waals surface area contributed by atoms with E-state index in [1.165, 1.54) is 14.2 Å². The highest BCUT2D eigenvalue weighted by Gasteiger charge is 2.63. The van der Waals surface area contributed by atoms with Crippen molar-refractivity contribution in [3.63, 3.8) is 0 Å². The number of hydrogen-bond donors (Lipinski definition) is 1. The van der Waals surface area contributed by atoms with Gasteiger partial charge in [-0.1, -0.05) is 12.2 Å². The van der Waals surface area contributed by atoms with Gasteiger partial charge in [0.2, 0.25) is 0 Å². The molecule has 2 aliphatic rings. The first-order chi connectivity index (χ1) is 13.4. The van der Waals surface area contributed by atoms with Crippen LogP contribution in [0.5, 0.6) is 0 Å². The van der Waals surface area contributed by atoms with Crippen LogP contribution in [0.1, 0.15) is 26.7 Å². The molecule has 0 aliphatic heterocycles. The van der Waals surface area contributed by atoms with Crippen molar-refractivity contribution in [3.8, 4) is 0 Å². The van der Waals surface area contributed by atoms with E-state index in [4.69, 9.17) is 18.9 Å². The van der Waals surface area contributed by atoms with Crippen LogP contribution in [0, 0.1) is 17.3 Å². The Morgan fingerprint density at radius 3 is 2.07 bits per heavy atom. The minimum atomic E-state index is -1.16. The van der Waals surface area contributed by atoms with E-state index in [0.29, 0.717) is 12.8 Å². The van der Waals surface area contributed by atoms with Crippen LogP contribution in [0.4, 0.5) is 9.59 Å². The fraction of sp³-hybridized carbons (Fsp3) is 0.667. The smallest absolute Gasteiger partial charge is 0.429 e. The van der Waals surface area contributed by atoms with Crippen LogP contribution in [0.2, 0.25) is 0 Å². The number of methoxy groups -OCH3 is 2. The number of nitrogens with one attached hydrogen (secondary N) is 1. The standard InChI is InChI=1S/C18H26N2O8/c1-5-27-16(23)19-20(17(24)28-6-2)12-8-7-11(18(12)9-10-18)13(14(21)25-3)15(22)26-4/h7-8,11-13H,5-6,9-10H2,1-4H3,(H,19,23)/t11-,12-/m0/s1. The maximum Gasteiger partial charge on any atom is 0.429 e. The van der Waals surface area contributed by atoms with Crippen molar-refractivity contribution in [2.75, 3.05) is 27.4 Å². The molecule has 1 spiro atoms. The van der Waals surface area contributed by atoms with Gasteiger partial charge < -0.3 is 18.9 Å². The maximum absolute atomic E-state index is 12.5. The molecule has 2 rings (SSSR count). The fourth-order valence-corrected chi connectivity index (χ4v) is 3.69. The number of carbonyl (C=O) groups excluding carboxylic acids is 4. The van der Waals surface area contributed by atoms with Gasteiger partial charge >= 0.3 is 24.1 Å². The summed E-state index contributed by atoms with van der Waals surface area (Å²) in [5.41, 5.74) is 1.79. The Balaban J connectivity index is 2.31. The first-order valence-electron chi connectivity index (χ1n) is 9.09. The van der Waals surface area contributed by atoms with Crippen molar-refractivity contribution in [3.05, 3.63) is 12.2 Å². The predicted molar refractivity (Wildman–Crippen MR) is 94.6 cm³/mol. The topological polar surface area (TPSA) is 120 Å². The Bertz CT molecular complexity index is 642. The van der Waals surface area contributed by atoms with Gasteiger partial charge in [0.1, 0.15) is 0 Å². The van der Waals surface area contributed by atoms with E-state index in [2.05, 4.69) is 5.43 Å². The fourth-order valence-electron chi connectivity index (χ4n) is 3.69. The van der Waals surface area contributed by atoms with E-state index in [1.807, 2.05) is 0 Å². The van der Waals surface area contributed by atoms with Gasteiger partial charge in [0.25, 0.3) is 0 Å². The zero-order valence-electron chi connectivity index (χ0n) is 16.4. The minimum Gasteiger partial charge on any atom is -0.468 e. The summed E-state index contributed by atoms with van der Waals surface area (Å²) in [5.74, 6) is -3.13. The number of carbonyl (C=O) groups is 4. The third kappa shape index (κ3) is 4.05. The van der Waals surface area contributed by atoms with Crippen LogP contribution in [-0.2, 0) is 28.5 Å². The summed E-state index contributed by atoms with van der Waals surface area (Å²) >= 11 is 0. The van der Waals surface area contributed by atoms with E-state index in [1.54, 1.807) is 26.0 Å². The number of ether oxygens (including phenoxy) is 4. The zero-order chi connectivity index (χ0) is 20.9. The number of allylic oxidation sites excluding steroid dienone is 1. The van der Waals surface area contributed by atoms with Gasteiger partial charge in [-0.05, 0) is 26.7 Å². The van der Waals surface area contributed by atoms with Crippen LogP contribution >= 0.6 is 0 Å². The molecule has 2 aliphatic carbocycles. The second kappa shape index (κ2) is 8.94. The quantitative estimate of drug-likeness (QED) is 0.234. The van der Waals surface area contributed by atoms with Crippen molar-refractivity contribution < 1.29 is 38.1 Å². The van der Waals surface area contributed by atoms with Gasteiger partial charge in [-0.15, -0.1) is 0 Å². The summed E-state index contributed by atoms with van der Waals surface area (Å²) < 4.78 is 19.5. The van der Waals surface area contributed by atoms with Gasteiger partial charge in [-0.25, -0.2) is 20.0 Å². The molecule has 10 heteroatoms. The van der Waals surface area contributed by atoms with Crippen molar-refractivity contribution in [1.29, 1.82) is 0 Å². The van der Waals surface area contributed by atoms with E-state index >= 15 is 0 Å². The lowest BCUT2D eigenvalue weighted by Crippen LogP contribution is -2.55. The summed E-state index contributed by atoms with van der Waals surface area (Å²) in [6.07, 6.45) is 3.08. The SMILES string of the molecule is CCOC(=O)NN(C(=O)OCC)[C@H]1C=C[C@@H](C(C(=O)OC)C(=O)OC)C12CC2. The number of hydrogen-bond acceptors (Lipinski definition) is 8. The van der Waals surface area contributed by atoms with E-state index in [-0.39, 0.29) is 13.2 Å². The third-order valence-electron chi connectivity index (χ3n) is 5.08. The average molecular weight is 398 g/mol. The molecular formula is C18H26N2O8. The summed E-state index contributed by atoms with van der Waals surface area (Å²) in [6, 6.07) is -0.613. The van der Waals surface area contributed by atoms with Crippen molar-refractivity contribution in [2.24, 2.45) is 17.3 Å². The van der Waals surface area contributed by atoms with E-state index in [9.17, 15) is 19.2 Å². The molecule has 1 N–H and O–H groups in total. The number of esters is 2. The summed E-state index contributed by atoms with van der Waals surface area (Å²) in [6.45, 7) is 3.52. The Labute approximate surface area is 163 Å². The predicted octanol–water partition coefficient (Wildman–Crippen LogP) is 1.40. The Morgan fingerprint density at radius 2 is 1.61 bits per heavy atom. The van der Waals surface area contributed by atoms with Crippen LogP contribution in [-0.4, -0.2) is 62.6 Å². The molecule has 0 aromatic rings. The molecule has 28 heavy (non-hydrogen) atoms. The van der Waals surface area contributed by atoms with Gasteiger partial charge in [-0.3, -0.25) is 9.59 Å². The second-order valence-electron chi connectivity index (χ2n) is 6.51. The number of amides is 2. The lowest BCUT2D eigenvalue weighted by atomic mass is 9.79. The Kier molecular flexibility index (Phi) is 6.87. The Morgan fingerprint density at radius 1 is 1.04 bits per heavy atom. The number of hydrazine groups is 1. The second-order valence-corrected chi connectivity index (χ2v) is 6.51. The lowest BCUT2D eigenvalue weighted by molar-refractivity contribution is -0.162. The molecular weight excluding hydrogens is 372 g/mol. The summed E-state index contributed by atoms with van der Waals surface area (Å²) in [7, 11) is 2.39. The minimum absolute atomic E-state index is 0.111. The van der Waals surface area contributed by atoms with Crippen LogP contribution in [0.15, 0.2) is 12.2 Å². The third-order valence-corrected chi connectivity index (χ3v) is 5.08. The molecule has 0 aromatic heterocycles. The van der Waals surface area contributed by atoms with Gasteiger partial charge in [-0.2, -0.15) is 0 Å². The van der Waals surface area contributed by atoms with Gasteiger partial charge in [0, 0.05) is 11.3 Å². The highest BCUT2D eigenvalue weighted by molar-refractivity contribution is 5.95. The highest BCUT2D eigenvalue weighted by Crippen LogP contribution is 2.62. The zero-order valence-corrected chi connectivity index (χ0v) is 16.4. The van der Waals surface area contributed by atoms with Gasteiger partial charge in [0.05, 0.1) is 33.5 Å². The first kappa shape index (κ1) is 21.5. The molecule has 1 saturated carbocycles. The van der Waals surface area contributed by atoms with Crippen molar-refractivity contribution in [1.82, 2.24) is 10.4 Å². The van der Waals surface area contributed by atoms with Crippen LogP contribution in [0.25, 0.3) is 0 Å². The maximum atomic E-state index is 12.5. The molecule has 0 saturated heterocycles. The molecule has 0 radical (unpaired) electrons. The molecule has 0 aromatic carbocycles. The highest BCUT2D eigenvalue weighted by atomic mass is 16.6. The Hall–Kier alpha value is -2.78. The largest absolute Gasteiger partial charge is 0.468 e. The normalized spacial score (nSPS) is 21.2. The van der Waals surface area contributed by atoms with Crippen LogP contribution in [0.3, 0.4) is 0 Å². The molecule has 1 fully saturated rings. The van der Waals surface area contributed by atoms with Gasteiger partial charge in [0.15, 0.2) is 5.92 Å². The molecule has 156 valence electrons. The van der Waals surface area contributed by atoms with Crippen molar-refractivity contribution in [2.45, 2.75) is 32.7 Å². The first-order valence-corrected chi connectivity index (χ1v) is 9.09.